The predicted molar refractivity (Wildman–Crippen MR) is 136 cm³/mol. The molecule has 0 radical (unpaired) electrons. The zero-order valence-corrected chi connectivity index (χ0v) is 19.0. The second-order valence-electron chi connectivity index (χ2n) is 7.66. The first kappa shape index (κ1) is 23.0. The van der Waals surface area contributed by atoms with E-state index >= 15 is 0 Å². The van der Waals surface area contributed by atoms with Crippen LogP contribution in [0.2, 0.25) is 0 Å². The molecule has 3 heteroatoms. The van der Waals surface area contributed by atoms with E-state index in [0.29, 0.717) is 22.6 Å². The molecule has 35 heavy (non-hydrogen) atoms. The van der Waals surface area contributed by atoms with Gasteiger partial charge in [-0.2, -0.15) is 10.5 Å². The molecule has 164 valence electrons. The molecule has 4 rings (SSSR count). The van der Waals surface area contributed by atoms with Crippen molar-refractivity contribution in [1.82, 2.24) is 0 Å². The highest BCUT2D eigenvalue weighted by molar-refractivity contribution is 5.56. The van der Waals surface area contributed by atoms with E-state index in [0.717, 1.165) is 22.3 Å². The topological polar surface area (TPSA) is 56.8 Å². The zero-order chi connectivity index (χ0) is 24.3. The molecule has 0 bridgehead atoms. The molecule has 0 N–H and O–H groups in total. The molecule has 4 aromatic carbocycles. The van der Waals surface area contributed by atoms with E-state index in [4.69, 9.17) is 15.3 Å². The third-order valence-electron chi connectivity index (χ3n) is 5.10. The average Bonchev–Trinajstić information content (AvgIpc) is 2.90. The maximum Gasteiger partial charge on any atom is 0.143 e. The fraction of sp³-hybridized carbons (Fsp3) is 0.0625. The lowest BCUT2D eigenvalue weighted by molar-refractivity contribution is 0.479. The van der Waals surface area contributed by atoms with E-state index in [1.165, 1.54) is 0 Å². The second-order valence-corrected chi connectivity index (χ2v) is 7.66. The van der Waals surface area contributed by atoms with Crippen molar-refractivity contribution in [2.24, 2.45) is 0 Å². The third-order valence-corrected chi connectivity index (χ3v) is 5.10. The summed E-state index contributed by atoms with van der Waals surface area (Å²) in [5.41, 5.74) is 4.88. The number of rotatable bonds is 4. The molecule has 0 aliphatic rings. The Morgan fingerprint density at radius 1 is 0.514 bits per heavy atom. The first-order valence-electron chi connectivity index (χ1n) is 11.1. The molecule has 3 nitrogen and oxygen atoms in total. The van der Waals surface area contributed by atoms with Crippen LogP contribution in [0.15, 0.2) is 97.1 Å². The molecular formula is C32H20N2O. The summed E-state index contributed by atoms with van der Waals surface area (Å²) in [6, 6.07) is 34.9. The molecule has 0 saturated heterocycles. The maximum atomic E-state index is 9.13. The van der Waals surface area contributed by atoms with E-state index in [9.17, 15) is 0 Å². The largest absolute Gasteiger partial charge is 0.455 e. The van der Waals surface area contributed by atoms with Gasteiger partial charge in [0.15, 0.2) is 0 Å². The molecule has 0 unspecified atom stereocenters. The minimum Gasteiger partial charge on any atom is -0.455 e. The fourth-order valence-corrected chi connectivity index (χ4v) is 3.37. The molecule has 0 saturated carbocycles. The standard InChI is InChI=1S/C32H20N2O/c33-21-19-27-13-17-31(29(23-27)15-11-25-7-3-1-4-8-25)35-32-18-14-28(20-22-34)24-30(32)16-12-26-9-5-2-6-10-26/h1-10,13-14,17-18,23-24H,19-20H2. The normalized spacial score (nSPS) is 9.43. The van der Waals surface area contributed by atoms with Gasteiger partial charge in [0.05, 0.1) is 36.1 Å². The number of ether oxygens (including phenoxy) is 1. The van der Waals surface area contributed by atoms with Gasteiger partial charge in [-0.25, -0.2) is 0 Å². The molecule has 0 aliphatic heterocycles. The SMILES string of the molecule is N#CCc1ccc(Oc2ccc(CC#N)cc2C#Cc2ccccc2)c(C#Cc2ccccc2)c1. The molecular weight excluding hydrogens is 428 g/mol. The molecule has 0 aliphatic carbocycles. The van der Waals surface area contributed by atoms with Crippen molar-refractivity contribution in [3.8, 4) is 47.3 Å². The number of nitriles is 2. The Labute approximate surface area is 205 Å². The summed E-state index contributed by atoms with van der Waals surface area (Å²) in [6.07, 6.45) is 0.577. The van der Waals surface area contributed by atoms with Crippen LogP contribution in [-0.2, 0) is 12.8 Å². The fourth-order valence-electron chi connectivity index (χ4n) is 3.37. The van der Waals surface area contributed by atoms with Gasteiger partial charge in [-0.3, -0.25) is 0 Å². The van der Waals surface area contributed by atoms with Crippen LogP contribution in [-0.4, -0.2) is 0 Å². The van der Waals surface area contributed by atoms with Crippen LogP contribution in [0, 0.1) is 46.3 Å². The maximum absolute atomic E-state index is 9.13. The van der Waals surface area contributed by atoms with Crippen LogP contribution in [0.3, 0.4) is 0 Å². The van der Waals surface area contributed by atoms with Gasteiger partial charge in [-0.1, -0.05) is 72.2 Å². The predicted octanol–water partition coefficient (Wildman–Crippen LogP) is 6.41. The van der Waals surface area contributed by atoms with Crippen molar-refractivity contribution in [3.63, 3.8) is 0 Å². The summed E-state index contributed by atoms with van der Waals surface area (Å²) in [5, 5.41) is 18.3. The van der Waals surface area contributed by atoms with E-state index in [1.54, 1.807) is 0 Å². The minimum absolute atomic E-state index is 0.289. The Balaban J connectivity index is 1.74. The van der Waals surface area contributed by atoms with Gasteiger partial charge >= 0.3 is 0 Å². The number of hydrogen-bond donors (Lipinski definition) is 0. The quantitative estimate of drug-likeness (QED) is 0.339. The summed E-state index contributed by atoms with van der Waals surface area (Å²) in [7, 11) is 0. The zero-order valence-electron chi connectivity index (χ0n) is 19.0. The summed E-state index contributed by atoms with van der Waals surface area (Å²) in [5.74, 6) is 13.9. The van der Waals surface area contributed by atoms with Gasteiger partial charge in [0.2, 0.25) is 0 Å². The van der Waals surface area contributed by atoms with Gasteiger partial charge in [-0.05, 0) is 59.7 Å². The van der Waals surface area contributed by atoms with E-state index < -0.39 is 0 Å². The molecule has 0 aromatic heterocycles. The van der Waals surface area contributed by atoms with Crippen LogP contribution in [0.1, 0.15) is 33.4 Å². The third kappa shape index (κ3) is 6.40. The van der Waals surface area contributed by atoms with Crippen molar-refractivity contribution in [2.45, 2.75) is 12.8 Å². The van der Waals surface area contributed by atoms with E-state index in [2.05, 4.69) is 35.8 Å². The average molecular weight is 449 g/mol. The van der Waals surface area contributed by atoms with E-state index in [1.807, 2.05) is 97.1 Å². The highest BCUT2D eigenvalue weighted by atomic mass is 16.5. The molecule has 4 aromatic rings. The van der Waals surface area contributed by atoms with Crippen molar-refractivity contribution in [3.05, 3.63) is 130 Å². The van der Waals surface area contributed by atoms with Crippen LogP contribution in [0.4, 0.5) is 0 Å². The van der Waals surface area contributed by atoms with Gasteiger partial charge in [0, 0.05) is 11.1 Å². The van der Waals surface area contributed by atoms with E-state index in [-0.39, 0.29) is 12.8 Å². The first-order chi connectivity index (χ1) is 17.2. The Kier molecular flexibility index (Phi) is 7.60. The molecule has 0 spiro atoms. The van der Waals surface area contributed by atoms with Gasteiger partial charge < -0.3 is 4.74 Å². The highest BCUT2D eigenvalue weighted by Crippen LogP contribution is 2.29. The minimum atomic E-state index is 0.289. The summed E-state index contributed by atoms with van der Waals surface area (Å²) >= 11 is 0. The van der Waals surface area contributed by atoms with Gasteiger partial charge in [0.1, 0.15) is 11.5 Å². The smallest absolute Gasteiger partial charge is 0.143 e. The number of hydrogen-bond acceptors (Lipinski definition) is 3. The summed E-state index contributed by atoms with van der Waals surface area (Å²) in [6.45, 7) is 0. The Bertz CT molecular complexity index is 1420. The Morgan fingerprint density at radius 3 is 1.34 bits per heavy atom. The number of benzene rings is 4. The lowest BCUT2D eigenvalue weighted by Gasteiger charge is -2.12. The Hall–Kier alpha value is -5.22. The van der Waals surface area contributed by atoms with Crippen LogP contribution in [0.25, 0.3) is 0 Å². The summed E-state index contributed by atoms with van der Waals surface area (Å²) in [4.78, 5) is 0. The highest BCUT2D eigenvalue weighted by Gasteiger charge is 2.09. The van der Waals surface area contributed by atoms with Gasteiger partial charge in [-0.15, -0.1) is 0 Å². The summed E-state index contributed by atoms with van der Waals surface area (Å²) < 4.78 is 6.31. The molecule has 0 atom stereocenters. The Morgan fingerprint density at radius 2 is 0.943 bits per heavy atom. The lowest BCUT2D eigenvalue weighted by Crippen LogP contribution is -1.95. The molecule has 0 fully saturated rings. The van der Waals surface area contributed by atoms with Gasteiger partial charge in [0.25, 0.3) is 0 Å². The monoisotopic (exact) mass is 448 g/mol. The number of nitrogens with zero attached hydrogens (tertiary/aromatic N) is 2. The van der Waals surface area contributed by atoms with Crippen molar-refractivity contribution < 1.29 is 4.74 Å². The van der Waals surface area contributed by atoms with Crippen LogP contribution >= 0.6 is 0 Å². The van der Waals surface area contributed by atoms with Crippen molar-refractivity contribution in [1.29, 1.82) is 10.5 Å². The van der Waals surface area contributed by atoms with Crippen molar-refractivity contribution >= 4 is 0 Å². The lowest BCUT2D eigenvalue weighted by atomic mass is 10.1. The van der Waals surface area contributed by atoms with Crippen molar-refractivity contribution in [2.75, 3.05) is 0 Å². The first-order valence-corrected chi connectivity index (χ1v) is 11.1. The van der Waals surface area contributed by atoms with Crippen LogP contribution in [0.5, 0.6) is 11.5 Å². The molecule has 0 heterocycles. The molecule has 0 amide bonds. The van der Waals surface area contributed by atoms with Crippen LogP contribution < -0.4 is 4.74 Å². The second kappa shape index (κ2) is 11.6.